The van der Waals surface area contributed by atoms with Gasteiger partial charge in [-0.1, -0.05) is 31.0 Å². The van der Waals surface area contributed by atoms with Crippen molar-refractivity contribution in [3.05, 3.63) is 72.7 Å². The van der Waals surface area contributed by atoms with Crippen molar-refractivity contribution in [1.82, 2.24) is 25.0 Å². The van der Waals surface area contributed by atoms with Gasteiger partial charge in [0, 0.05) is 61.5 Å². The van der Waals surface area contributed by atoms with Crippen molar-refractivity contribution in [2.24, 2.45) is 5.92 Å². The van der Waals surface area contributed by atoms with Gasteiger partial charge in [0.05, 0.1) is 5.69 Å². The maximum Gasteiger partial charge on any atom is 0.244 e. The Labute approximate surface area is 201 Å². The lowest BCUT2D eigenvalue weighted by molar-refractivity contribution is -0.117. The summed E-state index contributed by atoms with van der Waals surface area (Å²) in [5.41, 5.74) is 3.59. The van der Waals surface area contributed by atoms with Crippen molar-refractivity contribution < 1.29 is 4.79 Å². The minimum Gasteiger partial charge on any atom is -0.350 e. The average molecular weight is 456 g/mol. The second kappa shape index (κ2) is 10.8. The van der Waals surface area contributed by atoms with E-state index in [-0.39, 0.29) is 11.9 Å². The van der Waals surface area contributed by atoms with Gasteiger partial charge in [-0.3, -0.25) is 9.78 Å². The molecule has 6 heteroatoms. The van der Waals surface area contributed by atoms with Crippen LogP contribution in [0.5, 0.6) is 0 Å². The summed E-state index contributed by atoms with van der Waals surface area (Å²) in [5.74, 6) is 0.846. The Bertz CT molecular complexity index is 1090. The monoisotopic (exact) mass is 455 g/mol. The number of pyridine rings is 1. The van der Waals surface area contributed by atoms with E-state index in [9.17, 15) is 4.79 Å². The van der Waals surface area contributed by atoms with Gasteiger partial charge in [0.15, 0.2) is 0 Å². The van der Waals surface area contributed by atoms with E-state index < -0.39 is 0 Å². The summed E-state index contributed by atoms with van der Waals surface area (Å²) in [4.78, 5) is 19.5. The minimum atomic E-state index is -0.0427. The first-order valence-corrected chi connectivity index (χ1v) is 12.5. The van der Waals surface area contributed by atoms with E-state index in [4.69, 9.17) is 5.10 Å². The molecule has 0 spiro atoms. The molecule has 1 saturated heterocycles. The van der Waals surface area contributed by atoms with Crippen molar-refractivity contribution in [2.75, 3.05) is 19.6 Å². The standard InChI is InChI=1S/C28H33N5O/c34-27(30-25-14-17-32(18-15-25)20-22-7-4-5-8-22)13-12-24-21-33(26-10-2-1-3-11-26)31-28(24)23-9-6-16-29-19-23/h1-3,6,9-13,16,19,21-22,25H,4-5,7-8,14-15,17-18,20H2,(H,30,34)/b13-12+. The smallest absolute Gasteiger partial charge is 0.244 e. The number of carbonyl (C=O) groups is 1. The number of nitrogens with one attached hydrogen (secondary N) is 1. The molecule has 34 heavy (non-hydrogen) atoms. The Morgan fingerprint density at radius 3 is 2.56 bits per heavy atom. The molecule has 6 nitrogen and oxygen atoms in total. The van der Waals surface area contributed by atoms with Crippen LogP contribution in [0.4, 0.5) is 0 Å². The van der Waals surface area contributed by atoms with Crippen LogP contribution >= 0.6 is 0 Å². The number of nitrogens with zero attached hydrogens (tertiary/aromatic N) is 4. The first kappa shape index (κ1) is 22.5. The molecule has 2 aliphatic rings. The third-order valence-electron chi connectivity index (χ3n) is 7.04. The highest BCUT2D eigenvalue weighted by molar-refractivity contribution is 5.93. The van der Waals surface area contributed by atoms with Gasteiger partial charge in [0.2, 0.25) is 5.91 Å². The number of likely N-dealkylation sites (tertiary alicyclic amines) is 1. The second-order valence-corrected chi connectivity index (χ2v) is 9.52. The lowest BCUT2D eigenvalue weighted by Crippen LogP contribution is -2.45. The van der Waals surface area contributed by atoms with Gasteiger partial charge < -0.3 is 10.2 Å². The Kier molecular flexibility index (Phi) is 7.15. The summed E-state index contributed by atoms with van der Waals surface area (Å²) < 4.78 is 1.85. The number of hydrogen-bond acceptors (Lipinski definition) is 4. The van der Waals surface area contributed by atoms with Crippen LogP contribution in [0.3, 0.4) is 0 Å². The van der Waals surface area contributed by atoms with Crippen LogP contribution < -0.4 is 5.32 Å². The molecule has 1 saturated carbocycles. The van der Waals surface area contributed by atoms with Gasteiger partial charge >= 0.3 is 0 Å². The molecule has 3 aromatic rings. The van der Waals surface area contributed by atoms with Gasteiger partial charge in [-0.15, -0.1) is 0 Å². The second-order valence-electron chi connectivity index (χ2n) is 9.52. The molecular formula is C28H33N5O. The molecule has 3 heterocycles. The summed E-state index contributed by atoms with van der Waals surface area (Å²) in [6.07, 6.45) is 16.6. The SMILES string of the molecule is O=C(/C=C/c1cn(-c2ccccc2)nc1-c1cccnc1)NC1CCN(CC2CCCC2)CC1. The Morgan fingerprint density at radius 2 is 1.82 bits per heavy atom. The fourth-order valence-corrected chi connectivity index (χ4v) is 5.18. The van der Waals surface area contributed by atoms with Crippen LogP contribution in [-0.4, -0.2) is 51.2 Å². The van der Waals surface area contributed by atoms with Crippen molar-refractivity contribution in [2.45, 2.75) is 44.6 Å². The maximum atomic E-state index is 12.7. The molecule has 2 aromatic heterocycles. The lowest BCUT2D eigenvalue weighted by Gasteiger charge is -2.33. The molecular weight excluding hydrogens is 422 g/mol. The number of amides is 1. The minimum absolute atomic E-state index is 0.0427. The van der Waals surface area contributed by atoms with Gasteiger partial charge in [-0.05, 0) is 61.9 Å². The van der Waals surface area contributed by atoms with Crippen LogP contribution in [0.15, 0.2) is 67.1 Å². The number of rotatable bonds is 7. The summed E-state index contributed by atoms with van der Waals surface area (Å²) in [6.45, 7) is 3.41. The van der Waals surface area contributed by atoms with Crippen LogP contribution in [-0.2, 0) is 4.79 Å². The Morgan fingerprint density at radius 1 is 1.03 bits per heavy atom. The van der Waals surface area contributed by atoms with E-state index in [2.05, 4.69) is 15.2 Å². The highest BCUT2D eigenvalue weighted by Crippen LogP contribution is 2.27. The number of aromatic nitrogens is 3. The first-order valence-electron chi connectivity index (χ1n) is 12.5. The largest absolute Gasteiger partial charge is 0.350 e. The molecule has 1 N–H and O–H groups in total. The predicted octanol–water partition coefficient (Wildman–Crippen LogP) is 4.72. The highest BCUT2D eigenvalue weighted by atomic mass is 16.1. The molecule has 1 amide bonds. The summed E-state index contributed by atoms with van der Waals surface area (Å²) in [5, 5.41) is 7.99. The third kappa shape index (κ3) is 5.62. The van der Waals surface area contributed by atoms with Gasteiger partial charge in [0.1, 0.15) is 5.69 Å². The molecule has 0 atom stereocenters. The maximum absolute atomic E-state index is 12.7. The van der Waals surface area contributed by atoms with E-state index in [0.717, 1.165) is 54.4 Å². The molecule has 0 radical (unpaired) electrons. The molecule has 0 bridgehead atoms. The van der Waals surface area contributed by atoms with Crippen molar-refractivity contribution >= 4 is 12.0 Å². The van der Waals surface area contributed by atoms with Gasteiger partial charge in [0.25, 0.3) is 0 Å². The summed E-state index contributed by atoms with van der Waals surface area (Å²) >= 11 is 0. The van der Waals surface area contributed by atoms with Crippen LogP contribution in [0.1, 0.15) is 44.1 Å². The Balaban J connectivity index is 1.23. The predicted molar refractivity (Wildman–Crippen MR) is 135 cm³/mol. The number of para-hydroxylation sites is 1. The van der Waals surface area contributed by atoms with E-state index in [1.165, 1.54) is 32.2 Å². The topological polar surface area (TPSA) is 63.1 Å². The van der Waals surface area contributed by atoms with E-state index in [0.29, 0.717) is 0 Å². The van der Waals surface area contributed by atoms with Crippen molar-refractivity contribution in [1.29, 1.82) is 0 Å². The Hall–Kier alpha value is -3.25. The van der Waals surface area contributed by atoms with E-state index in [1.807, 2.05) is 59.4 Å². The zero-order valence-corrected chi connectivity index (χ0v) is 19.6. The van der Waals surface area contributed by atoms with E-state index >= 15 is 0 Å². The van der Waals surface area contributed by atoms with Crippen molar-refractivity contribution in [3.8, 4) is 16.9 Å². The average Bonchev–Trinajstić information content (AvgIpc) is 3.55. The normalized spacial score (nSPS) is 18.0. The van der Waals surface area contributed by atoms with Crippen LogP contribution in [0.25, 0.3) is 23.0 Å². The van der Waals surface area contributed by atoms with Crippen LogP contribution in [0, 0.1) is 5.92 Å². The molecule has 5 rings (SSSR count). The lowest BCUT2D eigenvalue weighted by atomic mass is 10.0. The molecule has 1 aliphatic heterocycles. The highest BCUT2D eigenvalue weighted by Gasteiger charge is 2.24. The number of piperidine rings is 1. The first-order chi connectivity index (χ1) is 16.7. The number of hydrogen-bond donors (Lipinski definition) is 1. The zero-order valence-electron chi connectivity index (χ0n) is 19.6. The number of carbonyl (C=O) groups excluding carboxylic acids is 1. The number of benzene rings is 1. The molecule has 176 valence electrons. The molecule has 1 aliphatic carbocycles. The quantitative estimate of drug-likeness (QED) is 0.524. The summed E-state index contributed by atoms with van der Waals surface area (Å²) in [7, 11) is 0. The molecule has 0 unspecified atom stereocenters. The van der Waals surface area contributed by atoms with Gasteiger partial charge in [-0.25, -0.2) is 4.68 Å². The summed E-state index contributed by atoms with van der Waals surface area (Å²) in [6, 6.07) is 14.1. The molecule has 1 aromatic carbocycles. The zero-order chi connectivity index (χ0) is 23.2. The fourth-order valence-electron chi connectivity index (χ4n) is 5.18. The van der Waals surface area contributed by atoms with E-state index in [1.54, 1.807) is 18.5 Å². The molecule has 2 fully saturated rings. The fraction of sp³-hybridized carbons (Fsp3) is 0.393. The van der Waals surface area contributed by atoms with Gasteiger partial charge in [-0.2, -0.15) is 5.10 Å². The van der Waals surface area contributed by atoms with Crippen LogP contribution in [0.2, 0.25) is 0 Å². The van der Waals surface area contributed by atoms with Crippen molar-refractivity contribution in [3.63, 3.8) is 0 Å². The third-order valence-corrected chi connectivity index (χ3v) is 7.04.